The molecule has 1 amide bonds. The van der Waals surface area contributed by atoms with E-state index in [-0.39, 0.29) is 11.7 Å². The summed E-state index contributed by atoms with van der Waals surface area (Å²) in [5.74, 6) is -1.46. The summed E-state index contributed by atoms with van der Waals surface area (Å²) in [7, 11) is 1.55. The van der Waals surface area contributed by atoms with Crippen LogP contribution in [0.25, 0.3) is 0 Å². The highest BCUT2D eigenvalue weighted by Gasteiger charge is 2.48. The topological polar surface area (TPSA) is 84.7 Å². The van der Waals surface area contributed by atoms with Crippen LogP contribution in [0.4, 0.5) is 4.39 Å². The van der Waals surface area contributed by atoms with Gasteiger partial charge in [-0.05, 0) is 30.5 Å². The molecule has 1 aromatic heterocycles. The first-order valence-electron chi connectivity index (χ1n) is 10.5. The third-order valence-electron chi connectivity index (χ3n) is 6.48. The van der Waals surface area contributed by atoms with E-state index in [0.717, 1.165) is 18.2 Å². The van der Waals surface area contributed by atoms with Crippen molar-refractivity contribution in [2.75, 3.05) is 13.7 Å². The lowest BCUT2D eigenvalue weighted by Crippen LogP contribution is -2.51. The molecule has 0 radical (unpaired) electrons. The van der Waals surface area contributed by atoms with Crippen molar-refractivity contribution in [3.63, 3.8) is 0 Å². The molecule has 2 aliphatic heterocycles. The van der Waals surface area contributed by atoms with Crippen LogP contribution < -0.4 is 10.2 Å². The fraction of sp³-hybridized carbons (Fsp3) is 0.292. The first-order chi connectivity index (χ1) is 15.5. The van der Waals surface area contributed by atoms with Gasteiger partial charge in [0.05, 0.1) is 25.4 Å². The van der Waals surface area contributed by atoms with Gasteiger partial charge in [-0.15, -0.1) is 0 Å². The molecule has 1 N–H and O–H groups in total. The lowest BCUT2D eigenvalue weighted by Gasteiger charge is -2.42. The molecule has 3 atom stereocenters. The van der Waals surface area contributed by atoms with E-state index >= 15 is 4.39 Å². The van der Waals surface area contributed by atoms with Gasteiger partial charge in [-0.2, -0.15) is 5.10 Å². The quantitative estimate of drug-likeness (QED) is 0.681. The molecule has 0 bridgehead atoms. The molecule has 0 spiro atoms. The van der Waals surface area contributed by atoms with E-state index in [1.165, 1.54) is 10.7 Å². The van der Waals surface area contributed by atoms with Gasteiger partial charge in [0.1, 0.15) is 11.6 Å². The molecule has 1 fully saturated rings. The Morgan fingerprint density at radius 2 is 1.84 bits per heavy atom. The Kier molecular flexibility index (Phi) is 4.92. The van der Waals surface area contributed by atoms with Gasteiger partial charge < -0.3 is 14.7 Å². The van der Waals surface area contributed by atoms with E-state index in [2.05, 4.69) is 5.10 Å². The molecule has 164 valence electrons. The van der Waals surface area contributed by atoms with Crippen LogP contribution >= 0.6 is 0 Å². The van der Waals surface area contributed by atoms with Crippen LogP contribution in [0.2, 0.25) is 0 Å². The molecular formula is C24H22FN3O4. The molecule has 0 saturated carbocycles. The third-order valence-corrected chi connectivity index (χ3v) is 6.48. The molecule has 3 heterocycles. The number of para-hydroxylation sites is 1. The van der Waals surface area contributed by atoms with Gasteiger partial charge in [-0.3, -0.25) is 14.3 Å². The second-order valence-corrected chi connectivity index (χ2v) is 8.09. The Hall–Kier alpha value is -3.68. The molecule has 3 aromatic rings. The number of ether oxygens (including phenoxy) is 1. The predicted molar refractivity (Wildman–Crippen MR) is 114 cm³/mol. The summed E-state index contributed by atoms with van der Waals surface area (Å²) in [5.41, 5.74) is 0.281. The van der Waals surface area contributed by atoms with Gasteiger partial charge in [-0.1, -0.05) is 36.4 Å². The van der Waals surface area contributed by atoms with Crippen molar-refractivity contribution in [1.82, 2.24) is 14.7 Å². The highest BCUT2D eigenvalue weighted by Crippen LogP contribution is 2.48. The summed E-state index contributed by atoms with van der Waals surface area (Å²) in [6, 6.07) is 13.0. The van der Waals surface area contributed by atoms with Crippen molar-refractivity contribution >= 4 is 5.91 Å². The number of aromatic hydroxyl groups is 1. The molecule has 1 saturated heterocycles. The molecule has 2 aliphatic rings. The standard InChI is InChI=1S/C24H22FN3O4/c1-32-19-11-5-3-8-15(19)20(14-7-2-4-9-16(14)25)21-17-10-6-12-27(17)24(31)22-23(30)18(29)13-26-28(21)22/h2-5,7-9,11,13,17,20-21,30H,6,10,12H2,1H3/t17-,20?,21-/m1/s1. The van der Waals surface area contributed by atoms with Crippen molar-refractivity contribution in [2.24, 2.45) is 0 Å². The minimum absolute atomic E-state index is 0.156. The Labute approximate surface area is 183 Å². The third kappa shape index (κ3) is 2.97. The van der Waals surface area contributed by atoms with Crippen molar-refractivity contribution in [3.05, 3.63) is 87.6 Å². The zero-order valence-corrected chi connectivity index (χ0v) is 17.4. The molecule has 1 unspecified atom stereocenters. The van der Waals surface area contributed by atoms with Gasteiger partial charge >= 0.3 is 0 Å². The van der Waals surface area contributed by atoms with E-state index in [1.54, 1.807) is 36.3 Å². The number of carbonyl (C=O) groups is 1. The van der Waals surface area contributed by atoms with Crippen molar-refractivity contribution in [2.45, 2.75) is 30.8 Å². The Morgan fingerprint density at radius 1 is 1.12 bits per heavy atom. The first-order valence-corrected chi connectivity index (χ1v) is 10.5. The predicted octanol–water partition coefficient (Wildman–Crippen LogP) is 3.09. The normalized spacial score (nSPS) is 20.6. The monoisotopic (exact) mass is 435 g/mol. The number of carbonyl (C=O) groups excluding carboxylic acids is 1. The van der Waals surface area contributed by atoms with Gasteiger partial charge in [0.25, 0.3) is 5.91 Å². The first kappa shape index (κ1) is 20.2. The highest BCUT2D eigenvalue weighted by atomic mass is 19.1. The fourth-order valence-electron chi connectivity index (χ4n) is 5.13. The Balaban J connectivity index is 1.82. The Morgan fingerprint density at radius 3 is 2.59 bits per heavy atom. The van der Waals surface area contributed by atoms with Crippen LogP contribution in [0, 0.1) is 5.82 Å². The van der Waals surface area contributed by atoms with Crippen molar-refractivity contribution in [3.8, 4) is 11.5 Å². The minimum Gasteiger partial charge on any atom is -0.502 e. The van der Waals surface area contributed by atoms with E-state index in [0.29, 0.717) is 24.3 Å². The number of halogens is 1. The summed E-state index contributed by atoms with van der Waals surface area (Å²) in [5, 5.41) is 14.8. The largest absolute Gasteiger partial charge is 0.502 e. The molecule has 32 heavy (non-hydrogen) atoms. The smallest absolute Gasteiger partial charge is 0.276 e. The maximum absolute atomic E-state index is 15.2. The van der Waals surface area contributed by atoms with Crippen molar-refractivity contribution < 1.29 is 19.0 Å². The lowest BCUT2D eigenvalue weighted by molar-refractivity contribution is 0.0563. The summed E-state index contributed by atoms with van der Waals surface area (Å²) >= 11 is 0. The molecule has 8 heteroatoms. The second-order valence-electron chi connectivity index (χ2n) is 8.09. The number of amides is 1. The van der Waals surface area contributed by atoms with E-state index < -0.39 is 34.9 Å². The number of methoxy groups -OCH3 is 1. The SMILES string of the molecule is COc1ccccc1C(c1ccccc1F)[C@H]1[C@H]2CCCN2C(=O)c2c(O)c(=O)cnn21. The second kappa shape index (κ2) is 7.78. The van der Waals surface area contributed by atoms with Crippen LogP contribution in [0.5, 0.6) is 11.5 Å². The van der Waals surface area contributed by atoms with E-state index in [9.17, 15) is 14.7 Å². The van der Waals surface area contributed by atoms with Crippen LogP contribution in [0.3, 0.4) is 0 Å². The van der Waals surface area contributed by atoms with Crippen LogP contribution in [-0.2, 0) is 0 Å². The summed E-state index contributed by atoms with van der Waals surface area (Å²) in [4.78, 5) is 27.0. The minimum atomic E-state index is -0.722. The van der Waals surface area contributed by atoms with Crippen LogP contribution in [0.15, 0.2) is 59.5 Å². The molecular weight excluding hydrogens is 413 g/mol. The molecule has 2 aromatic carbocycles. The van der Waals surface area contributed by atoms with Crippen LogP contribution in [0.1, 0.15) is 46.4 Å². The van der Waals surface area contributed by atoms with Gasteiger partial charge in [0.2, 0.25) is 5.43 Å². The van der Waals surface area contributed by atoms with Gasteiger partial charge in [0, 0.05) is 18.0 Å². The van der Waals surface area contributed by atoms with Gasteiger partial charge in [0.15, 0.2) is 11.4 Å². The maximum atomic E-state index is 15.2. The average molecular weight is 435 g/mol. The van der Waals surface area contributed by atoms with Crippen LogP contribution in [-0.4, -0.2) is 45.4 Å². The average Bonchev–Trinajstić information content (AvgIpc) is 3.30. The number of nitrogens with zero attached hydrogens (tertiary/aromatic N) is 3. The number of hydrogen-bond acceptors (Lipinski definition) is 5. The van der Waals surface area contributed by atoms with Crippen molar-refractivity contribution in [1.29, 1.82) is 0 Å². The number of benzene rings is 2. The summed E-state index contributed by atoms with van der Waals surface area (Å²) in [6.45, 7) is 0.498. The Bertz CT molecular complexity index is 1260. The number of aromatic nitrogens is 2. The molecule has 5 rings (SSSR count). The molecule has 7 nitrogen and oxygen atoms in total. The van der Waals surface area contributed by atoms with E-state index in [1.807, 2.05) is 18.2 Å². The summed E-state index contributed by atoms with van der Waals surface area (Å²) in [6.07, 6.45) is 2.47. The fourth-order valence-corrected chi connectivity index (χ4v) is 5.13. The number of rotatable bonds is 4. The molecule has 0 aliphatic carbocycles. The zero-order valence-electron chi connectivity index (χ0n) is 17.4. The number of fused-ring (bicyclic) bond motifs is 2. The number of hydrogen-bond donors (Lipinski definition) is 1. The lowest BCUT2D eigenvalue weighted by atomic mass is 9.79. The zero-order chi connectivity index (χ0) is 22.4. The highest BCUT2D eigenvalue weighted by molar-refractivity contribution is 5.96. The summed E-state index contributed by atoms with van der Waals surface area (Å²) < 4.78 is 22.2. The van der Waals surface area contributed by atoms with E-state index in [4.69, 9.17) is 4.74 Å². The maximum Gasteiger partial charge on any atom is 0.276 e. The van der Waals surface area contributed by atoms with Gasteiger partial charge in [-0.25, -0.2) is 4.39 Å².